The number of aliphatic hydroxyl groups excluding tert-OH is 4. The third kappa shape index (κ3) is 1.51. The molecule has 1 fully saturated rings. The molecule has 4 nitrogen and oxygen atoms in total. The molecule has 0 heterocycles. The first-order valence-electron chi connectivity index (χ1n) is 3.40. The summed E-state index contributed by atoms with van der Waals surface area (Å²) >= 11 is 0. The van der Waals surface area contributed by atoms with Crippen LogP contribution in [0.4, 0.5) is 4.39 Å². The number of alkyl halides is 1. The van der Waals surface area contributed by atoms with E-state index in [0.29, 0.717) is 0 Å². The SMILES string of the molecule is O[C@@H]1C[C@@H](O)[C@@H](O)C(F)[C@@H]1O. The van der Waals surface area contributed by atoms with Crippen molar-refractivity contribution in [3.63, 3.8) is 0 Å². The second kappa shape index (κ2) is 3.02. The van der Waals surface area contributed by atoms with Gasteiger partial charge in [0.15, 0.2) is 6.17 Å². The molecular weight excluding hydrogens is 155 g/mol. The monoisotopic (exact) mass is 166 g/mol. The molecule has 0 spiro atoms. The van der Waals surface area contributed by atoms with Crippen LogP contribution in [-0.2, 0) is 0 Å². The van der Waals surface area contributed by atoms with Gasteiger partial charge >= 0.3 is 0 Å². The molecule has 1 aliphatic rings. The largest absolute Gasteiger partial charge is 0.390 e. The van der Waals surface area contributed by atoms with Gasteiger partial charge in [-0.1, -0.05) is 0 Å². The van der Waals surface area contributed by atoms with E-state index in [-0.39, 0.29) is 6.42 Å². The second-order valence-electron chi connectivity index (χ2n) is 2.80. The van der Waals surface area contributed by atoms with Crippen molar-refractivity contribution in [3.8, 4) is 0 Å². The van der Waals surface area contributed by atoms with Gasteiger partial charge in [-0.05, 0) is 0 Å². The Morgan fingerprint density at radius 1 is 0.909 bits per heavy atom. The van der Waals surface area contributed by atoms with Crippen molar-refractivity contribution in [2.24, 2.45) is 0 Å². The lowest BCUT2D eigenvalue weighted by atomic mass is 9.88. The third-order valence-corrected chi connectivity index (χ3v) is 1.92. The smallest absolute Gasteiger partial charge is 0.157 e. The van der Waals surface area contributed by atoms with E-state index in [1.54, 1.807) is 0 Å². The minimum Gasteiger partial charge on any atom is -0.390 e. The zero-order chi connectivity index (χ0) is 8.59. The van der Waals surface area contributed by atoms with Gasteiger partial charge in [-0.2, -0.15) is 0 Å². The van der Waals surface area contributed by atoms with Gasteiger partial charge in [-0.3, -0.25) is 0 Å². The van der Waals surface area contributed by atoms with Crippen molar-refractivity contribution in [1.82, 2.24) is 0 Å². The average Bonchev–Trinajstić information content (AvgIpc) is 1.97. The maximum absolute atomic E-state index is 12.7. The van der Waals surface area contributed by atoms with Gasteiger partial charge in [0.05, 0.1) is 12.2 Å². The molecular formula is C6H11FO4. The summed E-state index contributed by atoms with van der Waals surface area (Å²) in [6, 6.07) is 0. The number of hydrogen-bond acceptors (Lipinski definition) is 4. The first-order chi connectivity index (χ1) is 5.04. The van der Waals surface area contributed by atoms with E-state index in [4.69, 9.17) is 20.4 Å². The molecule has 1 rings (SSSR count). The van der Waals surface area contributed by atoms with Gasteiger partial charge in [-0.15, -0.1) is 0 Å². The van der Waals surface area contributed by atoms with Gasteiger partial charge < -0.3 is 20.4 Å². The molecule has 0 aromatic rings. The van der Waals surface area contributed by atoms with E-state index in [2.05, 4.69) is 0 Å². The maximum Gasteiger partial charge on any atom is 0.157 e. The summed E-state index contributed by atoms with van der Waals surface area (Å²) < 4.78 is 12.7. The lowest BCUT2D eigenvalue weighted by Crippen LogP contribution is -2.53. The molecule has 5 heteroatoms. The molecule has 4 N–H and O–H groups in total. The van der Waals surface area contributed by atoms with Crippen molar-refractivity contribution in [2.75, 3.05) is 0 Å². The first kappa shape index (κ1) is 8.86. The molecule has 66 valence electrons. The van der Waals surface area contributed by atoms with Crippen molar-refractivity contribution in [2.45, 2.75) is 37.0 Å². The number of rotatable bonds is 0. The number of aliphatic hydroxyl groups is 4. The van der Waals surface area contributed by atoms with Crippen molar-refractivity contribution >= 4 is 0 Å². The summed E-state index contributed by atoms with van der Waals surface area (Å²) in [6.07, 6.45) is -7.91. The van der Waals surface area contributed by atoms with Gasteiger partial charge in [0.1, 0.15) is 12.2 Å². The fourth-order valence-electron chi connectivity index (χ4n) is 1.15. The van der Waals surface area contributed by atoms with Crippen LogP contribution in [0.3, 0.4) is 0 Å². The molecule has 0 amide bonds. The molecule has 0 bridgehead atoms. The van der Waals surface area contributed by atoms with Crippen LogP contribution in [0.15, 0.2) is 0 Å². The predicted molar refractivity (Wildman–Crippen MR) is 33.5 cm³/mol. The summed E-state index contributed by atoms with van der Waals surface area (Å²) in [4.78, 5) is 0. The van der Waals surface area contributed by atoms with E-state index in [9.17, 15) is 4.39 Å². The number of halogens is 1. The Kier molecular flexibility index (Phi) is 2.43. The molecule has 11 heavy (non-hydrogen) atoms. The lowest BCUT2D eigenvalue weighted by molar-refractivity contribution is -0.152. The van der Waals surface area contributed by atoms with Gasteiger partial charge in [0, 0.05) is 6.42 Å². The quantitative estimate of drug-likeness (QED) is 0.341. The van der Waals surface area contributed by atoms with Crippen LogP contribution in [0.2, 0.25) is 0 Å². The topological polar surface area (TPSA) is 80.9 Å². The molecule has 0 aromatic carbocycles. The summed E-state index contributed by atoms with van der Waals surface area (Å²) in [5.41, 5.74) is 0. The highest BCUT2D eigenvalue weighted by Crippen LogP contribution is 2.22. The summed E-state index contributed by atoms with van der Waals surface area (Å²) in [5, 5.41) is 35.4. The second-order valence-corrected chi connectivity index (χ2v) is 2.80. The molecule has 0 aliphatic heterocycles. The Bertz CT molecular complexity index is 129. The lowest BCUT2D eigenvalue weighted by Gasteiger charge is -2.34. The summed E-state index contributed by atoms with van der Waals surface area (Å²) in [6.45, 7) is 0. The van der Waals surface area contributed by atoms with Crippen LogP contribution < -0.4 is 0 Å². The predicted octanol–water partition coefficient (Wildman–Crippen LogP) is -1.83. The van der Waals surface area contributed by atoms with Crippen LogP contribution in [0.25, 0.3) is 0 Å². The Labute approximate surface area is 62.9 Å². The normalized spacial score (nSPS) is 52.6. The van der Waals surface area contributed by atoms with Crippen molar-refractivity contribution < 1.29 is 24.8 Å². The molecule has 0 aromatic heterocycles. The fourth-order valence-corrected chi connectivity index (χ4v) is 1.15. The maximum atomic E-state index is 12.7. The Balaban J connectivity index is 2.63. The average molecular weight is 166 g/mol. The van der Waals surface area contributed by atoms with Crippen LogP contribution in [-0.4, -0.2) is 51.0 Å². The van der Waals surface area contributed by atoms with Crippen molar-refractivity contribution in [1.29, 1.82) is 0 Å². The van der Waals surface area contributed by atoms with Gasteiger partial charge in [-0.25, -0.2) is 4.39 Å². The molecule has 0 saturated heterocycles. The highest BCUT2D eigenvalue weighted by atomic mass is 19.1. The molecule has 1 saturated carbocycles. The first-order valence-corrected chi connectivity index (χ1v) is 3.40. The Morgan fingerprint density at radius 2 is 1.27 bits per heavy atom. The van der Waals surface area contributed by atoms with Gasteiger partial charge in [0.25, 0.3) is 0 Å². The third-order valence-electron chi connectivity index (χ3n) is 1.92. The van der Waals surface area contributed by atoms with E-state index in [0.717, 1.165) is 0 Å². The van der Waals surface area contributed by atoms with Crippen LogP contribution >= 0.6 is 0 Å². The molecule has 0 radical (unpaired) electrons. The van der Waals surface area contributed by atoms with E-state index in [1.807, 2.05) is 0 Å². The standard InChI is InChI=1S/C6H11FO4/c7-4-5(10)2(8)1-3(9)6(4)11/h2-6,8-11H,1H2/t2-,3-,5-,6-/m1/s1. The molecule has 0 unspecified atom stereocenters. The Morgan fingerprint density at radius 3 is 1.64 bits per heavy atom. The summed E-state index contributed by atoms with van der Waals surface area (Å²) in [5.74, 6) is 0. The summed E-state index contributed by atoms with van der Waals surface area (Å²) in [7, 11) is 0. The highest BCUT2D eigenvalue weighted by molar-refractivity contribution is 4.92. The van der Waals surface area contributed by atoms with Crippen LogP contribution in [0.1, 0.15) is 6.42 Å². The van der Waals surface area contributed by atoms with Crippen LogP contribution in [0, 0.1) is 0 Å². The van der Waals surface area contributed by atoms with Crippen molar-refractivity contribution in [3.05, 3.63) is 0 Å². The van der Waals surface area contributed by atoms with E-state index >= 15 is 0 Å². The minimum absolute atomic E-state index is 0.192. The zero-order valence-electron chi connectivity index (χ0n) is 5.76. The minimum atomic E-state index is -1.96. The van der Waals surface area contributed by atoms with E-state index < -0.39 is 30.6 Å². The van der Waals surface area contributed by atoms with Crippen LogP contribution in [0.5, 0.6) is 0 Å². The fraction of sp³-hybridized carbons (Fsp3) is 1.00. The molecule has 4 atom stereocenters. The highest BCUT2D eigenvalue weighted by Gasteiger charge is 2.42. The molecule has 1 aliphatic carbocycles. The van der Waals surface area contributed by atoms with Gasteiger partial charge in [0.2, 0.25) is 0 Å². The Hall–Kier alpha value is -0.230. The van der Waals surface area contributed by atoms with E-state index in [1.165, 1.54) is 0 Å². The zero-order valence-corrected chi connectivity index (χ0v) is 5.76. The number of hydrogen-bond donors (Lipinski definition) is 4.